The maximum absolute atomic E-state index is 13.8. The minimum absolute atomic E-state index is 0.0447. The summed E-state index contributed by atoms with van der Waals surface area (Å²) in [6, 6.07) is 0. The molecule has 12 N–H and O–H groups in total. The van der Waals surface area contributed by atoms with E-state index in [2.05, 4.69) is 21.3 Å². The zero-order valence-electron chi connectivity index (χ0n) is 30.5. The lowest BCUT2D eigenvalue weighted by atomic mass is 10.1. The van der Waals surface area contributed by atoms with Crippen LogP contribution in [0.2, 0.25) is 0 Å². The number of rotatable bonds is 22. The molecule has 6 amide bonds. The number of aliphatic hydroxyl groups is 8. The summed E-state index contributed by atoms with van der Waals surface area (Å²) >= 11 is 10.6. The number of amides is 6. The third-order valence-electron chi connectivity index (χ3n) is 7.84. The van der Waals surface area contributed by atoms with Crippen LogP contribution in [0.25, 0.3) is 0 Å². The number of carbonyl (C=O) groups excluding carboxylic acids is 6. The molecule has 2 atom stereocenters. The lowest BCUT2D eigenvalue weighted by Crippen LogP contribution is -2.38. The Balaban J connectivity index is 2.68. The fourth-order valence-corrected chi connectivity index (χ4v) is 13.8. The highest BCUT2D eigenvalue weighted by molar-refractivity contribution is 14.1. The third-order valence-corrected chi connectivity index (χ3v) is 14.3. The maximum Gasteiger partial charge on any atom is 0.256 e. The minimum atomic E-state index is -1.31. The Labute approximate surface area is 419 Å². The molecule has 2 unspecified atom stereocenters. The summed E-state index contributed by atoms with van der Waals surface area (Å²) in [5.41, 5.74) is -0.429. The molecule has 2 aromatic rings. The van der Waals surface area contributed by atoms with Gasteiger partial charge in [0.25, 0.3) is 23.6 Å². The smallest absolute Gasteiger partial charge is 0.256 e. The number of hydrogen-bond donors (Lipinski definition) is 12. The van der Waals surface area contributed by atoms with Gasteiger partial charge in [-0.25, -0.2) is 0 Å². The van der Waals surface area contributed by atoms with E-state index in [1.54, 1.807) is 136 Å². The zero-order chi connectivity index (χ0) is 44.7. The second-order valence-electron chi connectivity index (χ2n) is 12.0. The number of nitrogens with zero attached hydrogens (tertiary/aromatic N) is 2. The Morgan fingerprint density at radius 2 is 0.763 bits per heavy atom. The highest BCUT2D eigenvalue weighted by Gasteiger charge is 2.33. The van der Waals surface area contributed by atoms with Crippen LogP contribution in [-0.2, 0) is 9.59 Å². The third kappa shape index (κ3) is 14.7. The average Bonchev–Trinajstić information content (AvgIpc) is 3.18. The van der Waals surface area contributed by atoms with Crippen molar-refractivity contribution in [2.24, 2.45) is 0 Å². The molecule has 0 radical (unpaired) electrons. The first-order valence-corrected chi connectivity index (χ1v) is 23.5. The summed E-state index contributed by atoms with van der Waals surface area (Å²) in [6.07, 6.45) is -3.49. The maximum atomic E-state index is 13.8. The minimum Gasteiger partial charge on any atom is -0.395 e. The largest absolute Gasteiger partial charge is 0.395 e. The van der Waals surface area contributed by atoms with Crippen LogP contribution >= 0.6 is 136 Å². The fourth-order valence-electron chi connectivity index (χ4n) is 4.99. The standard InChI is InChI=1S/C33H40I6N6O14/c34-22-18(30(56)40-10-14(52)12-50)24(36)28(26(38)20(22)32(58)44(1-5-46)2-6-47)42-16(54)9-17(55)43-29-25(37)19(31(57)41-11-15(53)13-51)23(35)21(27(29)39)33(59)45(3-7-48)4-8-49/h14-15,46-53H,1-13H2,(H,40,56)(H,41,57)(H,42,54)(H,43,55). The molecular formula is C33H40I6N6O14. The van der Waals surface area contributed by atoms with Crippen LogP contribution in [0.15, 0.2) is 0 Å². The van der Waals surface area contributed by atoms with Crippen molar-refractivity contribution in [3.63, 3.8) is 0 Å². The van der Waals surface area contributed by atoms with Gasteiger partial charge >= 0.3 is 0 Å². The Morgan fingerprint density at radius 1 is 0.475 bits per heavy atom. The lowest BCUT2D eigenvalue weighted by molar-refractivity contribution is -0.123. The Morgan fingerprint density at radius 3 is 1.03 bits per heavy atom. The van der Waals surface area contributed by atoms with Crippen LogP contribution in [0.5, 0.6) is 0 Å². The summed E-state index contributed by atoms with van der Waals surface area (Å²) in [5, 5.41) is 86.6. The SMILES string of the molecule is O=C(CC(=O)Nc1c(I)c(C(=O)NCC(O)CO)c(I)c(C(=O)N(CCO)CCO)c1I)Nc1c(I)c(C(=O)NCC(O)CO)c(I)c(C(=O)N(CCO)CCO)c1I. The molecule has 0 saturated heterocycles. The van der Waals surface area contributed by atoms with Crippen LogP contribution < -0.4 is 21.3 Å². The topological polar surface area (TPSA) is 319 Å². The lowest BCUT2D eigenvalue weighted by Gasteiger charge is -2.25. The van der Waals surface area contributed by atoms with Gasteiger partial charge in [-0.05, 0) is 136 Å². The number of carbonyl (C=O) groups is 6. The molecule has 2 rings (SSSR count). The van der Waals surface area contributed by atoms with Gasteiger partial charge in [-0.3, -0.25) is 28.8 Å². The first kappa shape index (κ1) is 54.5. The van der Waals surface area contributed by atoms with Gasteiger partial charge in [0.15, 0.2) is 0 Å². The van der Waals surface area contributed by atoms with Gasteiger partial charge in [0.05, 0.1) is 99.8 Å². The molecule has 0 aliphatic rings. The van der Waals surface area contributed by atoms with E-state index in [0.717, 1.165) is 9.80 Å². The van der Waals surface area contributed by atoms with E-state index in [-0.39, 0.29) is 94.3 Å². The van der Waals surface area contributed by atoms with Crippen molar-refractivity contribution in [3.8, 4) is 0 Å². The second kappa shape index (κ2) is 26.8. The molecule has 328 valence electrons. The van der Waals surface area contributed by atoms with E-state index in [1.807, 2.05) is 0 Å². The number of anilines is 2. The molecule has 0 aromatic heterocycles. The number of hydrogen-bond acceptors (Lipinski definition) is 14. The average molecular weight is 1510 g/mol. The van der Waals surface area contributed by atoms with Crippen molar-refractivity contribution >= 4 is 182 Å². The van der Waals surface area contributed by atoms with Crippen LogP contribution in [-0.4, -0.2) is 177 Å². The van der Waals surface area contributed by atoms with Gasteiger partial charge in [-0.1, -0.05) is 0 Å². The Kier molecular flexibility index (Phi) is 24.8. The van der Waals surface area contributed by atoms with E-state index in [9.17, 15) is 69.6 Å². The van der Waals surface area contributed by atoms with E-state index >= 15 is 0 Å². The number of benzene rings is 2. The molecule has 0 aliphatic carbocycles. The first-order valence-electron chi connectivity index (χ1n) is 17.0. The van der Waals surface area contributed by atoms with Crippen LogP contribution in [0.1, 0.15) is 47.9 Å². The van der Waals surface area contributed by atoms with Gasteiger partial charge in [-0.15, -0.1) is 0 Å². The van der Waals surface area contributed by atoms with Gasteiger partial charge in [0.1, 0.15) is 6.42 Å². The number of aliphatic hydroxyl groups excluding tert-OH is 8. The van der Waals surface area contributed by atoms with Crippen molar-refractivity contribution in [1.82, 2.24) is 20.4 Å². The molecule has 0 spiro atoms. The van der Waals surface area contributed by atoms with E-state index in [1.165, 1.54) is 0 Å². The van der Waals surface area contributed by atoms with Crippen molar-refractivity contribution in [2.45, 2.75) is 18.6 Å². The molecule has 0 heterocycles. The molecule has 20 nitrogen and oxygen atoms in total. The van der Waals surface area contributed by atoms with Crippen molar-refractivity contribution in [1.29, 1.82) is 0 Å². The molecule has 59 heavy (non-hydrogen) atoms. The van der Waals surface area contributed by atoms with Gasteiger partial charge in [-0.2, -0.15) is 0 Å². The fraction of sp³-hybridized carbons (Fsp3) is 0.455. The van der Waals surface area contributed by atoms with E-state index in [0.29, 0.717) is 0 Å². The first-order chi connectivity index (χ1) is 27.9. The van der Waals surface area contributed by atoms with Gasteiger partial charge < -0.3 is 71.9 Å². The number of halogens is 6. The van der Waals surface area contributed by atoms with Gasteiger partial charge in [0.2, 0.25) is 11.8 Å². The molecule has 0 bridgehead atoms. The highest BCUT2D eigenvalue weighted by Crippen LogP contribution is 2.38. The summed E-state index contributed by atoms with van der Waals surface area (Å²) < 4.78 is 0.815. The monoisotopic (exact) mass is 1510 g/mol. The second-order valence-corrected chi connectivity index (χ2v) is 18.5. The zero-order valence-corrected chi connectivity index (χ0v) is 43.5. The normalized spacial score (nSPS) is 12.0. The predicted molar refractivity (Wildman–Crippen MR) is 262 cm³/mol. The quantitative estimate of drug-likeness (QED) is 0.0513. The van der Waals surface area contributed by atoms with Crippen molar-refractivity contribution in [2.75, 3.05) is 89.5 Å². The summed E-state index contributed by atoms with van der Waals surface area (Å²) in [4.78, 5) is 84.1. The Bertz CT molecular complexity index is 1750. The molecule has 0 saturated carbocycles. The summed E-state index contributed by atoms with van der Waals surface area (Å²) in [5.74, 6) is -4.82. The Hall–Kier alpha value is -0.680. The van der Waals surface area contributed by atoms with E-state index in [4.69, 9.17) is 0 Å². The van der Waals surface area contributed by atoms with E-state index < -0.39 is 93.7 Å². The molecule has 0 aliphatic heterocycles. The van der Waals surface area contributed by atoms with Crippen LogP contribution in [0.4, 0.5) is 11.4 Å². The van der Waals surface area contributed by atoms with Crippen LogP contribution in [0, 0.1) is 21.4 Å². The summed E-state index contributed by atoms with van der Waals surface area (Å²) in [7, 11) is 0. The predicted octanol–water partition coefficient (Wildman–Crippen LogP) is -0.699. The molecule has 2 aromatic carbocycles. The summed E-state index contributed by atoms with van der Waals surface area (Å²) in [6.45, 7) is -4.56. The molecular weight excluding hydrogens is 1470 g/mol. The number of nitrogens with one attached hydrogen (secondary N) is 4. The molecule has 0 fully saturated rings. The van der Waals surface area contributed by atoms with Gasteiger partial charge in [0, 0.05) is 46.4 Å². The highest BCUT2D eigenvalue weighted by atomic mass is 127. The van der Waals surface area contributed by atoms with Crippen molar-refractivity contribution < 1.29 is 69.6 Å². The van der Waals surface area contributed by atoms with Crippen LogP contribution in [0.3, 0.4) is 0 Å². The molecule has 26 heteroatoms. The van der Waals surface area contributed by atoms with Crippen molar-refractivity contribution in [3.05, 3.63) is 43.7 Å².